The molecular formula is C23H28FN3O. The van der Waals surface area contributed by atoms with Gasteiger partial charge in [0.15, 0.2) is 0 Å². The molecule has 2 aliphatic rings. The quantitative estimate of drug-likeness (QED) is 0.820. The number of hydrogen-bond donors (Lipinski definition) is 1. The number of pyridine rings is 1. The molecule has 2 aromatic rings. The first kappa shape index (κ1) is 19.1. The third-order valence-electron chi connectivity index (χ3n) is 6.20. The van der Waals surface area contributed by atoms with E-state index in [0.717, 1.165) is 63.0 Å². The van der Waals surface area contributed by atoms with Crippen LogP contribution in [-0.4, -0.2) is 28.9 Å². The standard InChI is InChI=1S/C23H28FN3O/c24-20-9-7-17(8-10-20)16-27-14-11-18(12-15-27)22(21-6-1-2-13-25-21)26-23(28)19-4-3-5-19/h1-2,6-10,13,18-19,22H,3-5,11-12,14-16H2,(H,26,28). The molecule has 5 heteroatoms. The van der Waals surface area contributed by atoms with Gasteiger partial charge in [-0.05, 0) is 74.5 Å². The van der Waals surface area contributed by atoms with Crippen molar-refractivity contribution in [1.82, 2.24) is 15.2 Å². The highest BCUT2D eigenvalue weighted by molar-refractivity contribution is 5.79. The van der Waals surface area contributed by atoms with Crippen LogP contribution in [0, 0.1) is 17.7 Å². The van der Waals surface area contributed by atoms with Gasteiger partial charge in [-0.1, -0.05) is 24.6 Å². The van der Waals surface area contributed by atoms with Crippen molar-refractivity contribution in [2.45, 2.75) is 44.7 Å². The Labute approximate surface area is 166 Å². The molecule has 2 fully saturated rings. The molecule has 1 saturated heterocycles. The van der Waals surface area contributed by atoms with Crippen LogP contribution in [0.25, 0.3) is 0 Å². The number of halogens is 1. The van der Waals surface area contributed by atoms with Gasteiger partial charge in [0.1, 0.15) is 5.82 Å². The molecule has 0 radical (unpaired) electrons. The lowest BCUT2D eigenvalue weighted by Crippen LogP contribution is -2.43. The first-order valence-corrected chi connectivity index (χ1v) is 10.4. The second-order valence-corrected chi connectivity index (χ2v) is 8.11. The van der Waals surface area contributed by atoms with Gasteiger partial charge in [0, 0.05) is 18.7 Å². The van der Waals surface area contributed by atoms with Crippen LogP contribution in [0.5, 0.6) is 0 Å². The Morgan fingerprint density at radius 3 is 2.46 bits per heavy atom. The Morgan fingerprint density at radius 2 is 1.86 bits per heavy atom. The number of nitrogens with zero attached hydrogens (tertiary/aromatic N) is 2. The summed E-state index contributed by atoms with van der Waals surface area (Å²) in [5, 5.41) is 3.31. The van der Waals surface area contributed by atoms with E-state index in [9.17, 15) is 9.18 Å². The number of likely N-dealkylation sites (tertiary alicyclic amines) is 1. The van der Waals surface area contributed by atoms with Crippen LogP contribution in [0.1, 0.15) is 49.4 Å². The molecule has 4 rings (SSSR count). The van der Waals surface area contributed by atoms with Crippen LogP contribution in [-0.2, 0) is 11.3 Å². The molecule has 1 N–H and O–H groups in total. The minimum absolute atomic E-state index is 0.0118. The molecule has 1 aromatic heterocycles. The molecule has 2 heterocycles. The number of rotatable bonds is 6. The number of benzene rings is 1. The Morgan fingerprint density at radius 1 is 1.11 bits per heavy atom. The average molecular weight is 381 g/mol. The van der Waals surface area contributed by atoms with Crippen molar-refractivity contribution in [2.75, 3.05) is 13.1 Å². The molecular weight excluding hydrogens is 353 g/mol. The SMILES string of the molecule is O=C(NC(c1ccccn1)C1CCN(Cc2ccc(F)cc2)CC1)C1CCC1. The number of nitrogens with one attached hydrogen (secondary N) is 1. The lowest BCUT2D eigenvalue weighted by atomic mass is 9.83. The fourth-order valence-electron chi connectivity index (χ4n) is 4.23. The molecule has 0 bridgehead atoms. The molecule has 148 valence electrons. The lowest BCUT2D eigenvalue weighted by Gasteiger charge is -2.37. The number of amides is 1. The molecule has 4 nitrogen and oxygen atoms in total. The zero-order chi connectivity index (χ0) is 19.3. The van der Waals surface area contributed by atoms with Crippen molar-refractivity contribution >= 4 is 5.91 Å². The normalized spacial score (nSPS) is 19.8. The van der Waals surface area contributed by atoms with Crippen LogP contribution in [0.2, 0.25) is 0 Å². The van der Waals surface area contributed by atoms with Gasteiger partial charge in [0.25, 0.3) is 0 Å². The average Bonchev–Trinajstić information content (AvgIpc) is 2.68. The zero-order valence-corrected chi connectivity index (χ0v) is 16.2. The van der Waals surface area contributed by atoms with E-state index >= 15 is 0 Å². The van der Waals surface area contributed by atoms with E-state index < -0.39 is 0 Å². The van der Waals surface area contributed by atoms with E-state index in [4.69, 9.17) is 0 Å². The molecule has 1 aromatic carbocycles. The van der Waals surface area contributed by atoms with Gasteiger partial charge < -0.3 is 5.32 Å². The number of aromatic nitrogens is 1. The Bertz CT molecular complexity index is 768. The second-order valence-electron chi connectivity index (χ2n) is 8.11. The van der Waals surface area contributed by atoms with Crippen molar-refractivity contribution in [1.29, 1.82) is 0 Å². The van der Waals surface area contributed by atoms with E-state index in [0.29, 0.717) is 5.92 Å². The van der Waals surface area contributed by atoms with Gasteiger partial charge >= 0.3 is 0 Å². The lowest BCUT2D eigenvalue weighted by molar-refractivity contribution is -0.128. The van der Waals surface area contributed by atoms with Crippen LogP contribution in [0.15, 0.2) is 48.7 Å². The minimum atomic E-state index is -0.192. The van der Waals surface area contributed by atoms with Crippen LogP contribution in [0.4, 0.5) is 4.39 Å². The highest BCUT2D eigenvalue weighted by atomic mass is 19.1. The van der Waals surface area contributed by atoms with Crippen LogP contribution in [0.3, 0.4) is 0 Å². The van der Waals surface area contributed by atoms with Crippen molar-refractivity contribution in [2.24, 2.45) is 11.8 Å². The molecule has 28 heavy (non-hydrogen) atoms. The fourth-order valence-corrected chi connectivity index (χ4v) is 4.23. The summed E-state index contributed by atoms with van der Waals surface area (Å²) in [7, 11) is 0. The first-order valence-electron chi connectivity index (χ1n) is 10.4. The molecule has 1 aliphatic heterocycles. The van der Waals surface area contributed by atoms with E-state index in [1.807, 2.05) is 36.5 Å². The first-order chi connectivity index (χ1) is 13.7. The summed E-state index contributed by atoms with van der Waals surface area (Å²) >= 11 is 0. The fraction of sp³-hybridized carbons (Fsp3) is 0.478. The topological polar surface area (TPSA) is 45.2 Å². The number of piperidine rings is 1. The van der Waals surface area contributed by atoms with E-state index in [1.54, 1.807) is 0 Å². The number of carbonyl (C=O) groups is 1. The Kier molecular flexibility index (Phi) is 6.01. The summed E-state index contributed by atoms with van der Waals surface area (Å²) in [6.45, 7) is 2.80. The van der Waals surface area contributed by atoms with Crippen LogP contribution >= 0.6 is 0 Å². The predicted molar refractivity (Wildman–Crippen MR) is 107 cm³/mol. The van der Waals surface area contributed by atoms with Crippen molar-refractivity contribution < 1.29 is 9.18 Å². The van der Waals surface area contributed by atoms with Crippen molar-refractivity contribution in [3.63, 3.8) is 0 Å². The third-order valence-corrected chi connectivity index (χ3v) is 6.20. The maximum Gasteiger partial charge on any atom is 0.223 e. The van der Waals surface area contributed by atoms with E-state index in [-0.39, 0.29) is 23.7 Å². The van der Waals surface area contributed by atoms with Gasteiger partial charge in [-0.25, -0.2) is 4.39 Å². The molecule has 0 spiro atoms. The molecule has 1 atom stereocenters. The molecule has 1 saturated carbocycles. The summed E-state index contributed by atoms with van der Waals surface area (Å²) in [6.07, 6.45) is 7.03. The predicted octanol–water partition coefficient (Wildman–Crippen LogP) is 4.09. The smallest absolute Gasteiger partial charge is 0.223 e. The Hall–Kier alpha value is -2.27. The summed E-state index contributed by atoms with van der Waals surface area (Å²) in [6, 6.07) is 12.7. The van der Waals surface area contributed by atoms with E-state index in [2.05, 4.69) is 15.2 Å². The number of carbonyl (C=O) groups excluding carboxylic acids is 1. The molecule has 1 amide bonds. The van der Waals surface area contributed by atoms with Crippen molar-refractivity contribution in [3.05, 3.63) is 65.7 Å². The summed E-state index contributed by atoms with van der Waals surface area (Å²) in [4.78, 5) is 19.6. The summed E-state index contributed by atoms with van der Waals surface area (Å²) in [5.41, 5.74) is 2.10. The highest BCUT2D eigenvalue weighted by Gasteiger charge is 2.33. The molecule has 1 aliphatic carbocycles. The Balaban J connectivity index is 1.38. The zero-order valence-electron chi connectivity index (χ0n) is 16.2. The summed E-state index contributed by atoms with van der Waals surface area (Å²) in [5.74, 6) is 0.576. The second kappa shape index (κ2) is 8.82. The van der Waals surface area contributed by atoms with E-state index in [1.165, 1.54) is 12.1 Å². The minimum Gasteiger partial charge on any atom is -0.347 e. The maximum absolute atomic E-state index is 13.1. The molecule has 1 unspecified atom stereocenters. The van der Waals surface area contributed by atoms with Gasteiger partial charge in [0.05, 0.1) is 11.7 Å². The highest BCUT2D eigenvalue weighted by Crippen LogP contribution is 2.33. The van der Waals surface area contributed by atoms with Gasteiger partial charge in [0.2, 0.25) is 5.91 Å². The van der Waals surface area contributed by atoms with Crippen molar-refractivity contribution in [3.8, 4) is 0 Å². The number of hydrogen-bond acceptors (Lipinski definition) is 3. The van der Waals surface area contributed by atoms with Crippen LogP contribution < -0.4 is 5.32 Å². The largest absolute Gasteiger partial charge is 0.347 e. The van der Waals surface area contributed by atoms with Gasteiger partial charge in [-0.2, -0.15) is 0 Å². The van der Waals surface area contributed by atoms with Gasteiger partial charge in [-0.15, -0.1) is 0 Å². The third kappa shape index (κ3) is 4.58. The summed E-state index contributed by atoms with van der Waals surface area (Å²) < 4.78 is 13.1. The monoisotopic (exact) mass is 381 g/mol. The van der Waals surface area contributed by atoms with Gasteiger partial charge in [-0.3, -0.25) is 14.7 Å². The maximum atomic E-state index is 13.1.